The number of amides is 1. The van der Waals surface area contributed by atoms with Crippen LogP contribution in [0.5, 0.6) is 0 Å². The third kappa shape index (κ3) is 4.04. The fraction of sp³-hybridized carbons (Fsp3) is 0.235. The first kappa shape index (κ1) is 19.1. The summed E-state index contributed by atoms with van der Waals surface area (Å²) in [6.07, 6.45) is 2.24. The van der Waals surface area contributed by atoms with Gasteiger partial charge >= 0.3 is 0 Å². The maximum absolute atomic E-state index is 11.9. The number of nitrogens with zero attached hydrogens (tertiary/aromatic N) is 2. The van der Waals surface area contributed by atoms with E-state index in [-0.39, 0.29) is 22.2 Å². The summed E-state index contributed by atoms with van der Waals surface area (Å²) < 4.78 is 23.2. The van der Waals surface area contributed by atoms with E-state index in [1.807, 2.05) is 0 Å². The van der Waals surface area contributed by atoms with Gasteiger partial charge in [0.15, 0.2) is 9.84 Å². The van der Waals surface area contributed by atoms with Crippen molar-refractivity contribution in [3.05, 3.63) is 51.5 Å². The fourth-order valence-corrected chi connectivity index (χ4v) is 3.78. The minimum Gasteiger partial charge on any atom is -0.350 e. The number of hydrogen-bond acceptors (Lipinski definition) is 6. The Bertz CT molecular complexity index is 1040. The first-order valence-electron chi connectivity index (χ1n) is 8.02. The Morgan fingerprint density at radius 1 is 1.22 bits per heavy atom. The van der Waals surface area contributed by atoms with Crippen LogP contribution in [-0.4, -0.2) is 32.0 Å². The van der Waals surface area contributed by atoms with Crippen molar-refractivity contribution in [1.29, 1.82) is 0 Å². The van der Waals surface area contributed by atoms with Crippen LogP contribution in [-0.2, 0) is 14.6 Å². The molecule has 1 aliphatic rings. The summed E-state index contributed by atoms with van der Waals surface area (Å²) in [6.45, 7) is 0.601. The molecule has 0 spiro atoms. The number of carbonyl (C=O) groups is 1. The largest absolute Gasteiger partial charge is 0.350 e. The van der Waals surface area contributed by atoms with Gasteiger partial charge in [-0.1, -0.05) is 11.6 Å². The number of carbonyl (C=O) groups excluding carboxylic acids is 1. The lowest BCUT2D eigenvalue weighted by Crippen LogP contribution is -2.23. The Kier molecular flexibility index (Phi) is 5.07. The van der Waals surface area contributed by atoms with E-state index < -0.39 is 14.8 Å². The summed E-state index contributed by atoms with van der Waals surface area (Å²) in [5, 5.41) is 14.5. The zero-order valence-corrected chi connectivity index (χ0v) is 15.9. The van der Waals surface area contributed by atoms with Crippen LogP contribution in [0.3, 0.4) is 0 Å². The summed E-state index contributed by atoms with van der Waals surface area (Å²) in [7, 11) is -3.57. The molecule has 0 unspecified atom stereocenters. The number of hydrogen-bond donors (Lipinski definition) is 1. The van der Waals surface area contributed by atoms with Gasteiger partial charge in [-0.2, -0.15) is 0 Å². The molecule has 142 valence electrons. The van der Waals surface area contributed by atoms with Crippen molar-refractivity contribution in [2.24, 2.45) is 0 Å². The Hall–Kier alpha value is -2.65. The van der Waals surface area contributed by atoms with Crippen LogP contribution in [0.2, 0.25) is 5.02 Å². The predicted molar refractivity (Wildman–Crippen MR) is 103 cm³/mol. The molecule has 1 aliphatic heterocycles. The molecule has 0 aromatic heterocycles. The summed E-state index contributed by atoms with van der Waals surface area (Å²) in [5.74, 6) is 0.00427. The van der Waals surface area contributed by atoms with Gasteiger partial charge in [0.25, 0.3) is 5.69 Å². The van der Waals surface area contributed by atoms with Gasteiger partial charge in [0.1, 0.15) is 5.69 Å². The topological polar surface area (TPSA) is 110 Å². The molecule has 0 aliphatic carbocycles. The zero-order valence-electron chi connectivity index (χ0n) is 14.3. The summed E-state index contributed by atoms with van der Waals surface area (Å²) in [5.41, 5.74) is 0.832. The molecule has 0 bridgehead atoms. The molecule has 1 heterocycles. The maximum Gasteiger partial charge on any atom is 0.293 e. The van der Waals surface area contributed by atoms with Crippen molar-refractivity contribution in [3.8, 4) is 0 Å². The van der Waals surface area contributed by atoms with Gasteiger partial charge in [0, 0.05) is 31.0 Å². The molecule has 1 fully saturated rings. The second-order valence-corrected chi connectivity index (χ2v) is 8.57. The van der Waals surface area contributed by atoms with Gasteiger partial charge in [-0.3, -0.25) is 14.9 Å². The number of sulfone groups is 1. The lowest BCUT2D eigenvalue weighted by atomic mass is 10.2. The second kappa shape index (κ2) is 7.16. The van der Waals surface area contributed by atoms with Crippen LogP contribution in [0.1, 0.15) is 12.8 Å². The SMILES string of the molecule is CS(=O)(=O)c1ccc(Nc2ccc(N3CCCC3=O)c(Cl)c2)c([N+](=O)[O-])c1. The van der Waals surface area contributed by atoms with Crippen molar-refractivity contribution in [2.45, 2.75) is 17.7 Å². The van der Waals surface area contributed by atoms with Crippen LogP contribution < -0.4 is 10.2 Å². The molecule has 1 amide bonds. The van der Waals surface area contributed by atoms with Crippen LogP contribution in [0.4, 0.5) is 22.7 Å². The molecule has 3 rings (SSSR count). The Morgan fingerprint density at radius 3 is 2.52 bits per heavy atom. The number of rotatable bonds is 5. The van der Waals surface area contributed by atoms with E-state index in [9.17, 15) is 23.3 Å². The molecule has 1 N–H and O–H groups in total. The van der Waals surface area contributed by atoms with Crippen LogP contribution in [0, 0.1) is 10.1 Å². The van der Waals surface area contributed by atoms with Crippen molar-refractivity contribution >= 4 is 50.1 Å². The molecule has 0 radical (unpaired) electrons. The number of nitrogens with one attached hydrogen (secondary N) is 1. The van der Waals surface area contributed by atoms with E-state index in [2.05, 4.69) is 5.32 Å². The van der Waals surface area contributed by atoms with Crippen LogP contribution in [0.15, 0.2) is 41.3 Å². The van der Waals surface area contributed by atoms with E-state index in [0.717, 1.165) is 18.7 Å². The molecule has 2 aromatic carbocycles. The van der Waals surface area contributed by atoms with Gasteiger partial charge in [-0.05, 0) is 36.8 Å². The summed E-state index contributed by atoms with van der Waals surface area (Å²) in [4.78, 5) is 24.0. The quantitative estimate of drug-likeness (QED) is 0.597. The monoisotopic (exact) mass is 409 g/mol. The highest BCUT2D eigenvalue weighted by Crippen LogP contribution is 2.35. The molecular formula is C17H16ClN3O5S. The van der Waals surface area contributed by atoms with Gasteiger partial charge in [0.2, 0.25) is 5.91 Å². The van der Waals surface area contributed by atoms with Crippen molar-refractivity contribution < 1.29 is 18.1 Å². The van der Waals surface area contributed by atoms with E-state index >= 15 is 0 Å². The Balaban J connectivity index is 1.92. The summed E-state index contributed by atoms with van der Waals surface area (Å²) >= 11 is 6.28. The van der Waals surface area contributed by atoms with Crippen LogP contribution >= 0.6 is 11.6 Å². The molecule has 0 atom stereocenters. The molecular weight excluding hydrogens is 394 g/mol. The molecule has 8 nitrogen and oxygen atoms in total. The van der Waals surface area contributed by atoms with Crippen molar-refractivity contribution in [2.75, 3.05) is 23.0 Å². The third-order valence-electron chi connectivity index (χ3n) is 4.18. The predicted octanol–water partition coefficient (Wildman–Crippen LogP) is 3.52. The molecule has 0 saturated carbocycles. The standard InChI is InChI=1S/C17H16ClN3O5S/c1-27(25,26)12-5-6-14(16(10-12)21(23)24)19-11-4-7-15(13(18)9-11)20-8-2-3-17(20)22/h4-7,9-10,19H,2-3,8H2,1H3. The van der Waals surface area contributed by atoms with E-state index in [4.69, 9.17) is 11.6 Å². The molecule has 27 heavy (non-hydrogen) atoms. The first-order valence-corrected chi connectivity index (χ1v) is 10.3. The van der Waals surface area contributed by atoms with Crippen molar-refractivity contribution in [3.63, 3.8) is 0 Å². The molecule has 1 saturated heterocycles. The molecule has 10 heteroatoms. The highest BCUT2D eigenvalue weighted by atomic mass is 35.5. The van der Waals surface area contributed by atoms with Crippen LogP contribution in [0.25, 0.3) is 0 Å². The number of benzene rings is 2. The van der Waals surface area contributed by atoms with Gasteiger partial charge < -0.3 is 10.2 Å². The third-order valence-corrected chi connectivity index (χ3v) is 5.60. The average Bonchev–Trinajstić information content (AvgIpc) is 3.00. The Morgan fingerprint density at radius 2 is 1.96 bits per heavy atom. The number of halogens is 1. The number of nitro benzene ring substituents is 1. The van der Waals surface area contributed by atoms with E-state index in [0.29, 0.717) is 29.4 Å². The maximum atomic E-state index is 11.9. The lowest BCUT2D eigenvalue weighted by Gasteiger charge is -2.18. The number of anilines is 3. The van der Waals surface area contributed by atoms with Gasteiger partial charge in [0.05, 0.1) is 20.5 Å². The smallest absolute Gasteiger partial charge is 0.293 e. The minimum atomic E-state index is -3.57. The zero-order chi connectivity index (χ0) is 19.8. The highest BCUT2D eigenvalue weighted by Gasteiger charge is 2.24. The van der Waals surface area contributed by atoms with Gasteiger partial charge in [-0.15, -0.1) is 0 Å². The van der Waals surface area contributed by atoms with E-state index in [1.54, 1.807) is 23.1 Å². The minimum absolute atomic E-state index is 0.00427. The second-order valence-electron chi connectivity index (χ2n) is 6.15. The average molecular weight is 410 g/mol. The fourth-order valence-electron chi connectivity index (χ4n) is 2.86. The summed E-state index contributed by atoms with van der Waals surface area (Å²) in [6, 6.07) is 8.53. The first-order chi connectivity index (χ1) is 12.7. The normalized spacial score (nSPS) is 14.4. The highest BCUT2D eigenvalue weighted by molar-refractivity contribution is 7.90. The van der Waals surface area contributed by atoms with Crippen molar-refractivity contribution in [1.82, 2.24) is 0 Å². The van der Waals surface area contributed by atoms with E-state index in [1.165, 1.54) is 12.1 Å². The lowest BCUT2D eigenvalue weighted by molar-refractivity contribution is -0.384. The Labute approximate surface area is 160 Å². The van der Waals surface area contributed by atoms with Gasteiger partial charge in [-0.25, -0.2) is 8.42 Å². The number of nitro groups is 1. The molecule has 2 aromatic rings.